The molecule has 1 heterocycles. The number of rotatable bonds is 2. The Labute approximate surface area is 98.0 Å². The Morgan fingerprint density at radius 3 is 2.53 bits per heavy atom. The minimum absolute atomic E-state index is 0.164. The van der Waals surface area contributed by atoms with Crippen LogP contribution in [-0.4, -0.2) is 5.97 Å². The Balaban J connectivity index is 2.24. The molecule has 0 fully saturated rings. The van der Waals surface area contributed by atoms with Gasteiger partial charge in [0.1, 0.15) is 5.76 Å². The topological polar surface area (TPSA) is 63.2 Å². The molecule has 0 radical (unpaired) electrons. The van der Waals surface area contributed by atoms with Crippen molar-refractivity contribution in [3.8, 4) is 23.3 Å². The van der Waals surface area contributed by atoms with E-state index in [-0.39, 0.29) is 5.95 Å². The first-order chi connectivity index (χ1) is 8.19. The minimum atomic E-state index is -0.425. The monoisotopic (exact) mass is 227 g/mol. The maximum absolute atomic E-state index is 10.7. The van der Waals surface area contributed by atoms with E-state index in [1.165, 1.54) is 6.92 Å². The molecule has 1 aromatic carbocycles. The van der Waals surface area contributed by atoms with Gasteiger partial charge < -0.3 is 9.15 Å². The van der Waals surface area contributed by atoms with Gasteiger partial charge in [0.05, 0.1) is 11.6 Å². The third-order valence-corrected chi connectivity index (χ3v) is 2.12. The van der Waals surface area contributed by atoms with Gasteiger partial charge in [0.25, 0.3) is 5.95 Å². The van der Waals surface area contributed by atoms with Crippen molar-refractivity contribution in [1.29, 1.82) is 5.26 Å². The van der Waals surface area contributed by atoms with Gasteiger partial charge in [-0.05, 0) is 30.3 Å². The molecule has 1 aromatic heterocycles. The third kappa shape index (κ3) is 2.52. The van der Waals surface area contributed by atoms with Crippen molar-refractivity contribution < 1.29 is 13.9 Å². The van der Waals surface area contributed by atoms with Gasteiger partial charge in [-0.25, -0.2) is 0 Å². The molecule has 4 nitrogen and oxygen atoms in total. The van der Waals surface area contributed by atoms with E-state index in [1.54, 1.807) is 36.4 Å². The lowest BCUT2D eigenvalue weighted by Crippen LogP contribution is -1.99. The van der Waals surface area contributed by atoms with Crippen LogP contribution in [0.15, 0.2) is 40.8 Å². The summed E-state index contributed by atoms with van der Waals surface area (Å²) < 4.78 is 10.1. The number of nitriles is 1. The first-order valence-corrected chi connectivity index (χ1v) is 4.98. The summed E-state index contributed by atoms with van der Waals surface area (Å²) in [5, 5.41) is 8.67. The van der Waals surface area contributed by atoms with Crippen LogP contribution < -0.4 is 4.74 Å². The van der Waals surface area contributed by atoms with Crippen LogP contribution in [0.3, 0.4) is 0 Å². The maximum Gasteiger partial charge on any atom is 0.310 e. The molecule has 17 heavy (non-hydrogen) atoms. The van der Waals surface area contributed by atoms with Crippen LogP contribution in [-0.2, 0) is 4.79 Å². The van der Waals surface area contributed by atoms with Crippen molar-refractivity contribution >= 4 is 5.97 Å². The number of carbonyl (C=O) groups is 1. The van der Waals surface area contributed by atoms with Crippen molar-refractivity contribution in [2.24, 2.45) is 0 Å². The number of nitrogens with zero attached hydrogens (tertiary/aromatic N) is 1. The molecule has 84 valence electrons. The summed E-state index contributed by atoms with van der Waals surface area (Å²) in [6.45, 7) is 1.31. The van der Waals surface area contributed by atoms with Gasteiger partial charge in [0.15, 0.2) is 0 Å². The number of furan rings is 1. The number of carbonyl (C=O) groups excluding carboxylic acids is 1. The van der Waals surface area contributed by atoms with Crippen LogP contribution >= 0.6 is 0 Å². The first-order valence-electron chi connectivity index (χ1n) is 4.98. The molecule has 0 aliphatic rings. The largest absolute Gasteiger partial charge is 0.425 e. The maximum atomic E-state index is 10.7. The van der Waals surface area contributed by atoms with E-state index in [4.69, 9.17) is 14.4 Å². The van der Waals surface area contributed by atoms with Crippen LogP contribution in [0.1, 0.15) is 12.5 Å². The molecule has 2 rings (SSSR count). The van der Waals surface area contributed by atoms with Gasteiger partial charge in [0, 0.05) is 18.6 Å². The SMILES string of the molecule is CC(=O)Oc1ccc(-c2ccc(C#N)cc2)o1. The summed E-state index contributed by atoms with van der Waals surface area (Å²) in [5.74, 6) is 0.327. The second-order valence-electron chi connectivity index (χ2n) is 3.40. The Bertz CT molecular complexity index is 575. The highest BCUT2D eigenvalue weighted by atomic mass is 16.6. The molecule has 0 saturated heterocycles. The lowest BCUT2D eigenvalue weighted by molar-refractivity contribution is -0.133. The molecule has 0 atom stereocenters. The number of ether oxygens (including phenoxy) is 1. The summed E-state index contributed by atoms with van der Waals surface area (Å²) >= 11 is 0. The Morgan fingerprint density at radius 2 is 1.94 bits per heavy atom. The standard InChI is InChI=1S/C13H9NO3/c1-9(15)16-13-7-6-12(17-13)11-4-2-10(8-14)3-5-11/h2-7H,1H3. The van der Waals surface area contributed by atoms with E-state index in [0.717, 1.165) is 5.56 Å². The highest BCUT2D eigenvalue weighted by Gasteiger charge is 2.07. The van der Waals surface area contributed by atoms with E-state index >= 15 is 0 Å². The summed E-state index contributed by atoms with van der Waals surface area (Å²) in [6, 6.07) is 12.3. The zero-order valence-electron chi connectivity index (χ0n) is 9.14. The zero-order valence-corrected chi connectivity index (χ0v) is 9.14. The fourth-order valence-electron chi connectivity index (χ4n) is 1.38. The number of esters is 1. The van der Waals surface area contributed by atoms with Crippen molar-refractivity contribution in [3.63, 3.8) is 0 Å². The lowest BCUT2D eigenvalue weighted by atomic mass is 10.1. The number of hydrogen-bond acceptors (Lipinski definition) is 4. The van der Waals surface area contributed by atoms with E-state index in [9.17, 15) is 4.79 Å². The van der Waals surface area contributed by atoms with E-state index in [0.29, 0.717) is 11.3 Å². The van der Waals surface area contributed by atoms with Gasteiger partial charge in [-0.2, -0.15) is 5.26 Å². The zero-order chi connectivity index (χ0) is 12.3. The Morgan fingerprint density at radius 1 is 1.24 bits per heavy atom. The Hall–Kier alpha value is -2.54. The first kappa shape index (κ1) is 11.0. The number of hydrogen-bond donors (Lipinski definition) is 0. The molecule has 0 spiro atoms. The van der Waals surface area contributed by atoms with Gasteiger partial charge in [0.2, 0.25) is 0 Å². The van der Waals surface area contributed by atoms with Crippen molar-refractivity contribution in [2.75, 3.05) is 0 Å². The van der Waals surface area contributed by atoms with Gasteiger partial charge >= 0.3 is 5.97 Å². The van der Waals surface area contributed by atoms with Crippen molar-refractivity contribution in [2.45, 2.75) is 6.92 Å². The van der Waals surface area contributed by atoms with Gasteiger partial charge in [-0.3, -0.25) is 4.79 Å². The molecule has 0 bridgehead atoms. The van der Waals surface area contributed by atoms with Crippen LogP contribution in [0.4, 0.5) is 0 Å². The molecule has 0 amide bonds. The molecular weight excluding hydrogens is 218 g/mol. The Kier molecular flexibility index (Phi) is 2.93. The molecule has 2 aromatic rings. The fourth-order valence-corrected chi connectivity index (χ4v) is 1.38. The normalized spacial score (nSPS) is 9.65. The summed E-state index contributed by atoms with van der Waals surface area (Å²) in [5.41, 5.74) is 1.41. The molecule has 0 saturated carbocycles. The predicted octanol–water partition coefficient (Wildman–Crippen LogP) is 2.74. The van der Waals surface area contributed by atoms with Crippen LogP contribution in [0, 0.1) is 11.3 Å². The van der Waals surface area contributed by atoms with Gasteiger partial charge in [-0.1, -0.05) is 0 Å². The molecule has 0 unspecified atom stereocenters. The van der Waals surface area contributed by atoms with E-state index in [1.807, 2.05) is 6.07 Å². The second-order valence-corrected chi connectivity index (χ2v) is 3.40. The molecule has 4 heteroatoms. The summed E-state index contributed by atoms with van der Waals surface area (Å²) in [6.07, 6.45) is 0. The number of benzene rings is 1. The average molecular weight is 227 g/mol. The van der Waals surface area contributed by atoms with Crippen LogP contribution in [0.5, 0.6) is 5.95 Å². The summed E-state index contributed by atoms with van der Waals surface area (Å²) in [7, 11) is 0. The third-order valence-electron chi connectivity index (χ3n) is 2.12. The van der Waals surface area contributed by atoms with Crippen molar-refractivity contribution in [1.82, 2.24) is 0 Å². The quantitative estimate of drug-likeness (QED) is 0.740. The average Bonchev–Trinajstić information content (AvgIpc) is 2.77. The molecule has 0 aliphatic heterocycles. The fraction of sp³-hybridized carbons (Fsp3) is 0.0769. The molecule has 0 aliphatic carbocycles. The minimum Gasteiger partial charge on any atom is -0.425 e. The van der Waals surface area contributed by atoms with Gasteiger partial charge in [-0.15, -0.1) is 0 Å². The highest BCUT2D eigenvalue weighted by molar-refractivity contribution is 5.69. The summed E-state index contributed by atoms with van der Waals surface area (Å²) in [4.78, 5) is 10.7. The second kappa shape index (κ2) is 4.54. The molecular formula is C13H9NO3. The molecule has 0 N–H and O–H groups in total. The lowest BCUT2D eigenvalue weighted by Gasteiger charge is -1.97. The van der Waals surface area contributed by atoms with E-state index in [2.05, 4.69) is 0 Å². The van der Waals surface area contributed by atoms with Crippen LogP contribution in [0.2, 0.25) is 0 Å². The van der Waals surface area contributed by atoms with Crippen molar-refractivity contribution in [3.05, 3.63) is 42.0 Å². The van der Waals surface area contributed by atoms with Crippen LogP contribution in [0.25, 0.3) is 11.3 Å². The smallest absolute Gasteiger partial charge is 0.310 e. The van der Waals surface area contributed by atoms with E-state index < -0.39 is 5.97 Å². The predicted molar refractivity (Wildman–Crippen MR) is 60.2 cm³/mol. The highest BCUT2D eigenvalue weighted by Crippen LogP contribution is 2.26.